The standard InChI is InChI=1S/C39H38ClN3O7/c1-22-11-13-24(14-12-22)41-43-36(48)30-21-29-26(17-18-28-33(29)37(49)42(35(28)47)19-7-3-6-10-32(45)46)34(27-16-15-25(44)20-31(27)40)39(30,38(43)50)23-8-4-2-5-9-23/h2,4-5,8-9,11-17,20,28-30,33-34,41,44H,3,6-7,10,18-19,21H2,1H3,(H,45,46). The van der Waals surface area contributed by atoms with Crippen LogP contribution in [-0.2, 0) is 29.4 Å². The number of carbonyl (C=O) groups excluding carboxylic acids is 4. The van der Waals surface area contributed by atoms with E-state index >= 15 is 4.79 Å². The van der Waals surface area contributed by atoms with Gasteiger partial charge in [-0.2, -0.15) is 5.01 Å². The fraction of sp³-hybridized carbons (Fsp3) is 0.359. The molecule has 3 N–H and O–H groups in total. The molecule has 50 heavy (non-hydrogen) atoms. The van der Waals surface area contributed by atoms with Gasteiger partial charge >= 0.3 is 5.97 Å². The molecule has 4 aliphatic rings. The van der Waals surface area contributed by atoms with Gasteiger partial charge in [0.25, 0.3) is 11.8 Å². The summed E-state index contributed by atoms with van der Waals surface area (Å²) in [6, 6.07) is 21.2. The SMILES string of the molecule is Cc1ccc(NN2C(=O)C3CC4C(=CCC5C(=O)N(CCCCCC(=O)O)C(=O)C54)C(c4ccc(O)cc4Cl)C3(c3ccccc3)C2=O)cc1. The summed E-state index contributed by atoms with van der Waals surface area (Å²) >= 11 is 6.91. The van der Waals surface area contributed by atoms with E-state index < -0.39 is 52.8 Å². The van der Waals surface area contributed by atoms with E-state index in [0.717, 1.165) is 16.1 Å². The van der Waals surface area contributed by atoms with E-state index in [0.29, 0.717) is 36.1 Å². The number of nitrogens with zero attached hydrogens (tertiary/aromatic N) is 2. The summed E-state index contributed by atoms with van der Waals surface area (Å²) in [6.07, 6.45) is 3.95. The number of unbranched alkanes of at least 4 members (excludes halogenated alkanes) is 2. The second-order valence-electron chi connectivity index (χ2n) is 13.8. The maximum Gasteiger partial charge on any atom is 0.303 e. The van der Waals surface area contributed by atoms with Crippen LogP contribution in [0.3, 0.4) is 0 Å². The van der Waals surface area contributed by atoms with Gasteiger partial charge in [0.1, 0.15) is 5.75 Å². The smallest absolute Gasteiger partial charge is 0.303 e. The molecule has 4 amide bonds. The van der Waals surface area contributed by atoms with Crippen LogP contribution in [0, 0.1) is 30.6 Å². The highest BCUT2D eigenvalue weighted by molar-refractivity contribution is 6.31. The van der Waals surface area contributed by atoms with Gasteiger partial charge in [-0.15, -0.1) is 0 Å². The average Bonchev–Trinajstić information content (AvgIpc) is 3.47. The molecule has 3 aromatic carbocycles. The van der Waals surface area contributed by atoms with E-state index in [2.05, 4.69) is 5.43 Å². The number of amides is 4. The first-order chi connectivity index (χ1) is 24.0. The number of carboxylic acids is 1. The number of phenols is 1. The van der Waals surface area contributed by atoms with Crippen molar-refractivity contribution in [2.75, 3.05) is 12.0 Å². The molecule has 0 radical (unpaired) electrons. The van der Waals surface area contributed by atoms with Crippen LogP contribution >= 0.6 is 11.6 Å². The second kappa shape index (κ2) is 13.1. The summed E-state index contributed by atoms with van der Waals surface area (Å²) in [5.41, 5.74) is 5.15. The first-order valence-corrected chi connectivity index (χ1v) is 17.4. The first-order valence-electron chi connectivity index (χ1n) is 17.1. The van der Waals surface area contributed by atoms with Gasteiger partial charge in [0.05, 0.1) is 28.9 Å². The molecule has 7 rings (SSSR count). The molecule has 2 saturated heterocycles. The van der Waals surface area contributed by atoms with Crippen molar-refractivity contribution in [1.82, 2.24) is 9.91 Å². The lowest BCUT2D eigenvalue weighted by atomic mass is 9.49. The molecule has 3 aromatic rings. The zero-order valence-corrected chi connectivity index (χ0v) is 28.3. The second-order valence-corrected chi connectivity index (χ2v) is 14.2. The van der Waals surface area contributed by atoms with Crippen molar-refractivity contribution in [3.05, 3.63) is 106 Å². The summed E-state index contributed by atoms with van der Waals surface area (Å²) in [5.74, 6) is -5.97. The van der Waals surface area contributed by atoms with Crippen molar-refractivity contribution in [2.24, 2.45) is 23.7 Å². The molecule has 6 atom stereocenters. The Hall–Kier alpha value is -4.96. The molecule has 0 aromatic heterocycles. The molecular formula is C39H38ClN3O7. The van der Waals surface area contributed by atoms with E-state index in [1.54, 1.807) is 18.2 Å². The van der Waals surface area contributed by atoms with Gasteiger partial charge in [0.15, 0.2) is 0 Å². The van der Waals surface area contributed by atoms with Crippen molar-refractivity contribution >= 4 is 46.9 Å². The molecular weight excluding hydrogens is 658 g/mol. The highest BCUT2D eigenvalue weighted by atomic mass is 35.5. The fourth-order valence-corrected chi connectivity index (χ4v) is 9.13. The number of nitrogens with one attached hydrogen (secondary N) is 1. The normalized spacial score (nSPS) is 27.2. The Kier molecular flexibility index (Phi) is 8.76. The number of likely N-dealkylation sites (tertiary alicyclic amines) is 1. The number of allylic oxidation sites excluding steroid dienone is 2. The van der Waals surface area contributed by atoms with Crippen molar-refractivity contribution in [1.29, 1.82) is 0 Å². The van der Waals surface area contributed by atoms with Crippen molar-refractivity contribution in [2.45, 2.75) is 56.8 Å². The van der Waals surface area contributed by atoms with Crippen LogP contribution in [-0.4, -0.2) is 56.3 Å². The number of phenolic OH excluding ortho intramolecular Hbond substituents is 1. The fourth-order valence-electron chi connectivity index (χ4n) is 8.85. The molecule has 10 nitrogen and oxygen atoms in total. The Morgan fingerprint density at radius 2 is 1.66 bits per heavy atom. The molecule has 258 valence electrons. The van der Waals surface area contributed by atoms with Crippen LogP contribution in [0.2, 0.25) is 5.02 Å². The first kappa shape index (κ1) is 33.5. The Morgan fingerprint density at radius 3 is 2.36 bits per heavy atom. The molecule has 11 heteroatoms. The molecule has 3 fully saturated rings. The van der Waals surface area contributed by atoms with E-state index in [-0.39, 0.29) is 48.4 Å². The zero-order chi connectivity index (χ0) is 35.3. The number of hydrazine groups is 1. The van der Waals surface area contributed by atoms with E-state index in [1.807, 2.05) is 55.5 Å². The van der Waals surface area contributed by atoms with Crippen molar-refractivity contribution in [3.63, 3.8) is 0 Å². The number of rotatable bonds is 10. The van der Waals surface area contributed by atoms with E-state index in [4.69, 9.17) is 16.7 Å². The minimum atomic E-state index is -1.46. The molecule has 2 heterocycles. The zero-order valence-electron chi connectivity index (χ0n) is 27.6. The summed E-state index contributed by atoms with van der Waals surface area (Å²) in [6.45, 7) is 2.14. The van der Waals surface area contributed by atoms with E-state index in [9.17, 15) is 24.3 Å². The van der Waals surface area contributed by atoms with Gasteiger partial charge in [-0.3, -0.25) is 34.3 Å². The van der Waals surface area contributed by atoms with Gasteiger partial charge in [-0.05, 0) is 73.9 Å². The van der Waals surface area contributed by atoms with Crippen LogP contribution in [0.1, 0.15) is 61.1 Å². The molecule has 0 spiro atoms. The average molecular weight is 696 g/mol. The largest absolute Gasteiger partial charge is 0.508 e. The Bertz CT molecular complexity index is 1910. The number of imide groups is 2. The van der Waals surface area contributed by atoms with Crippen LogP contribution in [0.25, 0.3) is 0 Å². The Labute approximate surface area is 294 Å². The number of aryl methyl sites for hydroxylation is 1. The minimum absolute atomic E-state index is 0.0246. The number of hydrogen-bond donors (Lipinski definition) is 3. The highest BCUT2D eigenvalue weighted by Gasteiger charge is 2.70. The number of carboxylic acid groups (broad SMARTS) is 1. The van der Waals surface area contributed by atoms with Crippen LogP contribution < -0.4 is 5.43 Å². The highest BCUT2D eigenvalue weighted by Crippen LogP contribution is 2.64. The molecule has 2 aliphatic heterocycles. The monoisotopic (exact) mass is 695 g/mol. The maximum atomic E-state index is 15.1. The third-order valence-corrected chi connectivity index (χ3v) is 11.4. The van der Waals surface area contributed by atoms with Crippen molar-refractivity contribution < 1.29 is 34.2 Å². The van der Waals surface area contributed by atoms with Crippen LogP contribution in [0.5, 0.6) is 5.75 Å². The molecule has 1 saturated carbocycles. The predicted octanol–water partition coefficient (Wildman–Crippen LogP) is 5.98. The number of aromatic hydroxyl groups is 1. The lowest BCUT2D eigenvalue weighted by molar-refractivity contribution is -0.141. The minimum Gasteiger partial charge on any atom is -0.508 e. The summed E-state index contributed by atoms with van der Waals surface area (Å²) in [4.78, 5) is 70.0. The van der Waals surface area contributed by atoms with Crippen LogP contribution in [0.15, 0.2) is 84.4 Å². The maximum absolute atomic E-state index is 15.1. The van der Waals surface area contributed by atoms with Gasteiger partial charge in [-0.25, -0.2) is 0 Å². The third kappa shape index (κ3) is 5.37. The third-order valence-electron chi connectivity index (χ3n) is 11.1. The number of halogens is 1. The quantitative estimate of drug-likeness (QED) is 0.133. The van der Waals surface area contributed by atoms with Crippen LogP contribution in [0.4, 0.5) is 5.69 Å². The van der Waals surface area contributed by atoms with Gasteiger partial charge in [0.2, 0.25) is 11.8 Å². The summed E-state index contributed by atoms with van der Waals surface area (Å²) < 4.78 is 0. The number of hydrogen-bond acceptors (Lipinski definition) is 7. The van der Waals surface area contributed by atoms with Crippen molar-refractivity contribution in [3.8, 4) is 5.75 Å². The summed E-state index contributed by atoms with van der Waals surface area (Å²) in [5, 5.41) is 20.7. The predicted molar refractivity (Wildman–Crippen MR) is 185 cm³/mol. The van der Waals surface area contributed by atoms with Gasteiger partial charge in [-0.1, -0.05) is 83.8 Å². The lowest BCUT2D eigenvalue weighted by Gasteiger charge is -2.50. The topological polar surface area (TPSA) is 144 Å². The molecule has 6 unspecified atom stereocenters. The van der Waals surface area contributed by atoms with E-state index in [1.165, 1.54) is 17.0 Å². The summed E-state index contributed by atoms with van der Waals surface area (Å²) in [7, 11) is 0. The number of fused-ring (bicyclic) bond motifs is 4. The molecule has 0 bridgehead atoms. The number of benzene rings is 3. The molecule has 2 aliphatic carbocycles. The number of aliphatic carboxylic acids is 1. The van der Waals surface area contributed by atoms with Gasteiger partial charge < -0.3 is 10.2 Å². The number of anilines is 1. The number of carbonyl (C=O) groups is 5. The van der Waals surface area contributed by atoms with Gasteiger partial charge in [0, 0.05) is 23.9 Å². The lowest BCUT2D eigenvalue weighted by Crippen LogP contribution is -2.53. The Morgan fingerprint density at radius 1 is 0.920 bits per heavy atom. The Balaban J connectivity index is 1.34.